The first-order valence-electron chi connectivity index (χ1n) is 7.47. The van der Waals surface area contributed by atoms with E-state index in [2.05, 4.69) is 18.9 Å². The molecule has 1 nitrogen and oxygen atoms in total. The third-order valence-corrected chi connectivity index (χ3v) is 6.97. The van der Waals surface area contributed by atoms with Crippen molar-refractivity contribution in [1.82, 2.24) is 4.90 Å². The first-order valence-corrected chi connectivity index (χ1v) is 7.47. The van der Waals surface area contributed by atoms with Crippen molar-refractivity contribution in [3.05, 3.63) is 0 Å². The molecule has 0 N–H and O–H groups in total. The minimum Gasteiger partial charge on any atom is -0.300 e. The molecule has 90 valence electrons. The average Bonchev–Trinajstić information content (AvgIpc) is 2.92. The van der Waals surface area contributed by atoms with Crippen LogP contribution in [0.3, 0.4) is 0 Å². The highest BCUT2D eigenvalue weighted by molar-refractivity contribution is 5.18. The summed E-state index contributed by atoms with van der Waals surface area (Å²) in [7, 11) is 2.42. The molecule has 0 aromatic rings. The molecule has 6 atom stereocenters. The van der Waals surface area contributed by atoms with Crippen LogP contribution in [0, 0.1) is 23.2 Å². The molecule has 1 heteroatoms. The Morgan fingerprint density at radius 2 is 2.00 bits per heavy atom. The van der Waals surface area contributed by atoms with E-state index in [0.29, 0.717) is 0 Å². The monoisotopic (exact) mass is 219 g/mol. The van der Waals surface area contributed by atoms with Gasteiger partial charge in [-0.25, -0.2) is 0 Å². The highest BCUT2D eigenvalue weighted by Crippen LogP contribution is 2.70. The lowest BCUT2D eigenvalue weighted by atomic mass is 9.58. The van der Waals surface area contributed by atoms with Crippen LogP contribution in [-0.2, 0) is 0 Å². The second kappa shape index (κ2) is 3.04. The summed E-state index contributed by atoms with van der Waals surface area (Å²) in [5, 5.41) is 0. The summed E-state index contributed by atoms with van der Waals surface area (Å²) in [6, 6.07) is 1.83. The number of fused-ring (bicyclic) bond motifs is 3. The van der Waals surface area contributed by atoms with E-state index in [4.69, 9.17) is 0 Å². The summed E-state index contributed by atoms with van der Waals surface area (Å²) in [5.41, 5.74) is 0.787. The van der Waals surface area contributed by atoms with Crippen molar-refractivity contribution in [2.75, 3.05) is 7.05 Å². The molecule has 0 aromatic heterocycles. The van der Waals surface area contributed by atoms with Crippen LogP contribution in [0.5, 0.6) is 0 Å². The van der Waals surface area contributed by atoms with E-state index in [0.717, 1.165) is 35.3 Å². The molecule has 4 aliphatic rings. The largest absolute Gasteiger partial charge is 0.300 e. The van der Waals surface area contributed by atoms with Gasteiger partial charge in [-0.15, -0.1) is 0 Å². The third-order valence-electron chi connectivity index (χ3n) is 6.97. The minimum absolute atomic E-state index is 0.787. The van der Waals surface area contributed by atoms with Gasteiger partial charge in [0.1, 0.15) is 0 Å². The summed E-state index contributed by atoms with van der Waals surface area (Å²) >= 11 is 0. The Balaban J connectivity index is 1.82. The number of hydrogen-bond donors (Lipinski definition) is 0. The Kier molecular flexibility index (Phi) is 1.89. The second-order valence-electron chi connectivity index (χ2n) is 7.08. The molecule has 0 radical (unpaired) electrons. The minimum atomic E-state index is 0.787. The topological polar surface area (TPSA) is 3.24 Å². The van der Waals surface area contributed by atoms with Gasteiger partial charge in [-0.05, 0) is 69.2 Å². The van der Waals surface area contributed by atoms with Crippen molar-refractivity contribution >= 4 is 0 Å². The maximum absolute atomic E-state index is 2.77. The molecule has 4 rings (SSSR count). The lowest BCUT2D eigenvalue weighted by Gasteiger charge is -2.47. The van der Waals surface area contributed by atoms with E-state index in [-0.39, 0.29) is 0 Å². The molecular formula is C15H25N. The van der Waals surface area contributed by atoms with Crippen LogP contribution in [0.1, 0.15) is 51.9 Å². The average molecular weight is 219 g/mol. The zero-order valence-electron chi connectivity index (χ0n) is 10.8. The number of rotatable bonds is 0. The third kappa shape index (κ3) is 0.903. The molecule has 6 unspecified atom stereocenters. The van der Waals surface area contributed by atoms with Crippen LogP contribution in [0.4, 0.5) is 0 Å². The van der Waals surface area contributed by atoms with Gasteiger partial charge in [0.2, 0.25) is 0 Å². The molecule has 3 aliphatic carbocycles. The maximum atomic E-state index is 2.77. The molecule has 1 aliphatic heterocycles. The predicted octanol–water partition coefficient (Wildman–Crippen LogP) is 3.30. The molecule has 1 heterocycles. The molecule has 0 aromatic carbocycles. The Morgan fingerprint density at radius 3 is 2.88 bits per heavy atom. The maximum Gasteiger partial charge on any atom is 0.0158 e. The van der Waals surface area contributed by atoms with E-state index in [9.17, 15) is 0 Å². The fraction of sp³-hybridized carbons (Fsp3) is 1.00. The van der Waals surface area contributed by atoms with Crippen molar-refractivity contribution < 1.29 is 0 Å². The SMILES string of the molecule is CC1C2C3CCC(C3)C23CCCCC3N1C. The van der Waals surface area contributed by atoms with Gasteiger partial charge in [-0.3, -0.25) is 4.90 Å². The van der Waals surface area contributed by atoms with Gasteiger partial charge in [0.15, 0.2) is 0 Å². The number of likely N-dealkylation sites (tertiary alicyclic amines) is 1. The normalized spacial score (nSPS) is 60.0. The van der Waals surface area contributed by atoms with Crippen LogP contribution in [-0.4, -0.2) is 24.0 Å². The Bertz CT molecular complexity index is 313. The van der Waals surface area contributed by atoms with Crippen LogP contribution in [0.2, 0.25) is 0 Å². The molecule has 16 heavy (non-hydrogen) atoms. The smallest absolute Gasteiger partial charge is 0.0158 e. The first-order chi connectivity index (χ1) is 7.75. The molecule has 2 bridgehead atoms. The van der Waals surface area contributed by atoms with Gasteiger partial charge in [0, 0.05) is 12.1 Å². The van der Waals surface area contributed by atoms with Crippen LogP contribution in [0.25, 0.3) is 0 Å². The van der Waals surface area contributed by atoms with Crippen molar-refractivity contribution in [3.8, 4) is 0 Å². The molecule has 0 amide bonds. The van der Waals surface area contributed by atoms with E-state index in [1.165, 1.54) is 19.3 Å². The van der Waals surface area contributed by atoms with Gasteiger partial charge in [-0.1, -0.05) is 12.8 Å². The van der Waals surface area contributed by atoms with Crippen LogP contribution in [0.15, 0.2) is 0 Å². The van der Waals surface area contributed by atoms with E-state index >= 15 is 0 Å². The molecule has 4 fully saturated rings. The predicted molar refractivity (Wildman–Crippen MR) is 66.2 cm³/mol. The van der Waals surface area contributed by atoms with Gasteiger partial charge < -0.3 is 0 Å². The number of hydrogen-bond acceptors (Lipinski definition) is 1. The van der Waals surface area contributed by atoms with Crippen LogP contribution < -0.4 is 0 Å². The van der Waals surface area contributed by atoms with Gasteiger partial charge in [0.25, 0.3) is 0 Å². The Morgan fingerprint density at radius 1 is 1.12 bits per heavy atom. The lowest BCUT2D eigenvalue weighted by Crippen LogP contribution is -2.46. The first kappa shape index (κ1) is 9.94. The summed E-state index contributed by atoms with van der Waals surface area (Å²) in [6.45, 7) is 2.52. The van der Waals surface area contributed by atoms with E-state index in [1.54, 1.807) is 25.7 Å². The quantitative estimate of drug-likeness (QED) is 0.604. The van der Waals surface area contributed by atoms with E-state index < -0.39 is 0 Å². The summed E-state index contributed by atoms with van der Waals surface area (Å²) in [4.78, 5) is 2.77. The summed E-state index contributed by atoms with van der Waals surface area (Å²) in [5.74, 6) is 3.28. The highest BCUT2D eigenvalue weighted by atomic mass is 15.2. The van der Waals surface area contributed by atoms with Crippen LogP contribution >= 0.6 is 0 Å². The number of nitrogens with zero attached hydrogens (tertiary/aromatic N) is 1. The van der Waals surface area contributed by atoms with Gasteiger partial charge in [0.05, 0.1) is 0 Å². The fourth-order valence-corrected chi connectivity index (χ4v) is 6.57. The molecule has 1 saturated heterocycles. The molecular weight excluding hydrogens is 194 g/mol. The molecule has 3 saturated carbocycles. The highest BCUT2D eigenvalue weighted by Gasteiger charge is 2.67. The van der Waals surface area contributed by atoms with Crippen molar-refractivity contribution in [2.45, 2.75) is 64.0 Å². The standard InChI is InChI=1S/C15H25N/c1-10-14-11-6-7-12(9-11)15(14)8-4-3-5-13(15)16(10)2/h10-14H,3-9H2,1-2H3. The zero-order chi connectivity index (χ0) is 10.9. The second-order valence-corrected chi connectivity index (χ2v) is 7.08. The summed E-state index contributed by atoms with van der Waals surface area (Å²) < 4.78 is 0. The lowest BCUT2D eigenvalue weighted by molar-refractivity contribution is 0.0345. The van der Waals surface area contributed by atoms with Crippen molar-refractivity contribution in [1.29, 1.82) is 0 Å². The Hall–Kier alpha value is -0.0400. The van der Waals surface area contributed by atoms with Gasteiger partial charge >= 0.3 is 0 Å². The zero-order valence-corrected chi connectivity index (χ0v) is 10.8. The van der Waals surface area contributed by atoms with Gasteiger partial charge in [-0.2, -0.15) is 0 Å². The fourth-order valence-electron chi connectivity index (χ4n) is 6.57. The summed E-state index contributed by atoms with van der Waals surface area (Å²) in [6.07, 6.45) is 10.8. The molecule has 1 spiro atoms. The Labute approximate surface area is 99.6 Å². The van der Waals surface area contributed by atoms with E-state index in [1.807, 2.05) is 0 Å². The van der Waals surface area contributed by atoms with Crippen molar-refractivity contribution in [2.24, 2.45) is 23.2 Å². The van der Waals surface area contributed by atoms with Crippen molar-refractivity contribution in [3.63, 3.8) is 0 Å².